The van der Waals surface area contributed by atoms with E-state index in [2.05, 4.69) is 46.5 Å². The van der Waals surface area contributed by atoms with Crippen molar-refractivity contribution in [2.45, 2.75) is 25.9 Å². The normalized spacial score (nSPS) is 24.1. The second-order valence-electron chi connectivity index (χ2n) is 15.8. The fraction of sp³-hybridized carbons (Fsp3) is 0.933. The van der Waals surface area contributed by atoms with Crippen LogP contribution >= 0.6 is 49.8 Å². The molecule has 8 heterocycles. The minimum absolute atomic E-state index is 0. The van der Waals surface area contributed by atoms with Crippen LogP contribution in [-0.2, 0) is 98.0 Å². The van der Waals surface area contributed by atoms with Gasteiger partial charge < -0.3 is 68.3 Å². The first kappa shape index (κ1) is 87.0. The zero-order chi connectivity index (χ0) is 53.3. The fourth-order valence-corrected chi connectivity index (χ4v) is 127. The minimum atomic E-state index is 0. The van der Waals surface area contributed by atoms with Crippen molar-refractivity contribution in [1.29, 1.82) is 0 Å². The molecule has 4 unspecified atom stereocenters. The van der Waals surface area contributed by atoms with Gasteiger partial charge in [0.2, 0.25) is 0 Å². The second kappa shape index (κ2) is 72.0. The van der Waals surface area contributed by atoms with E-state index in [9.17, 15) is 0 Å². The topological polar surface area (TPSA) is 235 Å². The molecule has 6 bridgehead atoms. The molecule has 31 heteroatoms. The monoisotopic (exact) mass is 1440 g/mol. The van der Waals surface area contributed by atoms with Crippen molar-refractivity contribution in [3.63, 3.8) is 0 Å². The van der Waals surface area contributed by atoms with E-state index in [4.69, 9.17) is 82.3 Å². The Balaban J connectivity index is -0.000000485. The second-order valence-corrected chi connectivity index (χ2v) is 48.7. The molecule has 6 aliphatic rings. The number of ether oxygens (including phenoxy) is 12. The van der Waals surface area contributed by atoms with E-state index in [1.54, 1.807) is 12.6 Å². The van der Waals surface area contributed by atoms with Gasteiger partial charge in [0.25, 0.3) is 0 Å². The SMILES string of the molecule is C1COCCN2CCOCCOCCN(CCO1)CCOCCOCC2.C1COCCN2CCOCCOCCN(CCO1)CCOCCOCC2.CCCCp1p2[pH][pH]p1[pH][pH]2.NCCN.[C-]#[O+].[C-]#[O+].[C-]#[O+].[K+].[K+].[W]. The number of fused-ring (bicyclic) bond motifs is 44. The predicted octanol–water partition coefficient (Wildman–Crippen LogP) is -1.32. The third-order valence-electron chi connectivity index (χ3n) is 10.7. The molecular formula is C45H93K2N6O15P7W+2. The number of unbranched alkanes of at least 4 members (excludes halogenated alkanes) is 1. The van der Waals surface area contributed by atoms with Crippen LogP contribution in [0.1, 0.15) is 19.8 Å². The van der Waals surface area contributed by atoms with Crippen molar-refractivity contribution in [3.05, 3.63) is 20.0 Å². The van der Waals surface area contributed by atoms with Crippen LogP contribution in [0.2, 0.25) is 0 Å². The Morgan fingerprint density at radius 3 is 0.632 bits per heavy atom. The van der Waals surface area contributed by atoms with Gasteiger partial charge in [-0.05, 0) is 25.3 Å². The van der Waals surface area contributed by atoms with Crippen molar-refractivity contribution < 1.29 is 195 Å². The van der Waals surface area contributed by atoms with Crippen LogP contribution in [0.15, 0.2) is 0 Å². The number of rotatable bonds is 4. The molecule has 2 aromatic rings. The Hall–Kier alpha value is 4.56. The molecule has 0 aliphatic carbocycles. The molecule has 0 saturated carbocycles. The predicted molar refractivity (Wildman–Crippen MR) is 299 cm³/mol. The van der Waals surface area contributed by atoms with Crippen LogP contribution in [-0.4, -0.2) is 270 Å². The van der Waals surface area contributed by atoms with E-state index >= 15 is 0 Å². The molecule has 4 N–H and O–H groups in total. The van der Waals surface area contributed by atoms with Gasteiger partial charge in [-0.3, -0.25) is 19.6 Å². The van der Waals surface area contributed by atoms with Gasteiger partial charge in [-0.25, -0.2) is 0 Å². The van der Waals surface area contributed by atoms with Gasteiger partial charge in [0.15, 0.2) is 0 Å². The summed E-state index contributed by atoms with van der Waals surface area (Å²) in [7, 11) is 6.04. The maximum absolute atomic E-state index is 7.50. The van der Waals surface area contributed by atoms with E-state index in [1.165, 1.54) is 36.6 Å². The maximum Gasteiger partial charge on any atom is 1.00 e. The molecule has 76 heavy (non-hydrogen) atoms. The molecule has 0 amide bonds. The number of aryl methyl sites for hydroxylation is 1. The molecule has 0 radical (unpaired) electrons. The van der Waals surface area contributed by atoms with Gasteiger partial charge in [-0.1, -0.05) is 50.4 Å². The molecule has 4 atom stereocenters. The third-order valence-corrected chi connectivity index (χ3v) is 76.2. The standard InChI is InChI=1S/2C18H36N2O6.C4H13P7.C2H8N2.3CO.2K.W/c2*1-7-21-13-14-24-10-4-20-5-11-25-17-15-22-8-2-19(1)3-9-23-16-18-26-12-6-20;1-2-3-4-9-10-5-6-11(9)8-7-10;3-1-2-4;3*1-2;;;/h2*1-18H2;5-8H,2-4H2,1H3;1-4H2;;;;;;/q;;;;;;;2*+1;. The zero-order valence-corrected chi connectivity index (χ0v) is 62.2. The van der Waals surface area contributed by atoms with Gasteiger partial charge in [0.1, 0.15) is 0 Å². The Morgan fingerprint density at radius 2 is 0.500 bits per heavy atom. The van der Waals surface area contributed by atoms with Gasteiger partial charge in [0.05, 0.1) is 159 Å². The summed E-state index contributed by atoms with van der Waals surface area (Å²) in [6.07, 6.45) is 6.17. The number of hydrogen-bond donors (Lipinski definition) is 2. The molecule has 21 nitrogen and oxygen atoms in total. The molecule has 6 aliphatic heterocycles. The van der Waals surface area contributed by atoms with E-state index in [0.717, 1.165) is 91.3 Å². The van der Waals surface area contributed by atoms with Crippen LogP contribution in [0.3, 0.4) is 0 Å². The summed E-state index contributed by atoms with van der Waals surface area (Å²) in [5, 5.41) is 0. The number of nitrogens with zero attached hydrogens (tertiary/aromatic N) is 4. The third kappa shape index (κ3) is 54.0. The zero-order valence-electron chi connectivity index (χ0n) is 46.3. The van der Waals surface area contributed by atoms with Crippen molar-refractivity contribution in [1.82, 2.24) is 19.6 Å². The van der Waals surface area contributed by atoms with E-state index in [-0.39, 0.29) is 124 Å². The molecular weight excluding hydrogens is 1340 g/mol. The molecule has 6 saturated heterocycles. The summed E-state index contributed by atoms with van der Waals surface area (Å²) in [5.74, 6) is 0. The minimum Gasteiger partial charge on any atom is 0 e. The van der Waals surface area contributed by atoms with Gasteiger partial charge in [-0.15, -0.1) is 0 Å². The average Bonchev–Trinajstić information content (AvgIpc) is 4.01. The Kier molecular flexibility index (Phi) is 82.5. The summed E-state index contributed by atoms with van der Waals surface area (Å²) in [5.41, 5.74) is 9.81. The summed E-state index contributed by atoms with van der Waals surface area (Å²) in [6, 6.07) is 0. The fourth-order valence-electron chi connectivity index (χ4n) is 6.66. The molecule has 8 rings (SSSR count). The Morgan fingerprint density at radius 1 is 0.342 bits per heavy atom. The van der Waals surface area contributed by atoms with Crippen molar-refractivity contribution >= 4 is 49.8 Å². The molecule has 2 aromatic heterocycles. The molecule has 0 aromatic carbocycles. The maximum atomic E-state index is 7.50. The van der Waals surface area contributed by atoms with Crippen LogP contribution in [0.25, 0.3) is 0 Å². The van der Waals surface area contributed by atoms with Gasteiger partial charge in [-0.2, -0.15) is 0 Å². The van der Waals surface area contributed by atoms with Gasteiger partial charge in [0, 0.05) is 113 Å². The average molecular weight is 1440 g/mol. The molecule has 0 spiro atoms. The summed E-state index contributed by atoms with van der Waals surface area (Å²) in [4.78, 5) is 9.25. The molecule has 434 valence electrons. The Labute approximate surface area is 564 Å². The van der Waals surface area contributed by atoms with Crippen LogP contribution in [0.5, 0.6) is 0 Å². The smallest absolute Gasteiger partial charge is 0 e. The van der Waals surface area contributed by atoms with Crippen molar-refractivity contribution in [3.8, 4) is 0 Å². The quantitative estimate of drug-likeness (QED) is 0.205. The number of nitrogens with two attached hydrogens (primary N) is 2. The van der Waals surface area contributed by atoms with Crippen LogP contribution in [0, 0.1) is 20.0 Å². The first-order valence-electron chi connectivity index (χ1n) is 25.5. The van der Waals surface area contributed by atoms with Crippen molar-refractivity contribution in [2.75, 3.05) is 250 Å². The summed E-state index contributed by atoms with van der Waals surface area (Å²) >= 11 is 0. The van der Waals surface area contributed by atoms with E-state index < -0.39 is 0 Å². The molecule has 6 fully saturated rings. The van der Waals surface area contributed by atoms with E-state index in [1.807, 2.05) is 0 Å². The largest absolute Gasteiger partial charge is 1.00 e. The van der Waals surface area contributed by atoms with Gasteiger partial charge >= 0.3 is 137 Å². The van der Waals surface area contributed by atoms with Crippen molar-refractivity contribution in [2.24, 2.45) is 11.5 Å². The number of hydrogen-bond acceptors (Lipinski definition) is 18. The van der Waals surface area contributed by atoms with Crippen LogP contribution in [0.4, 0.5) is 0 Å². The van der Waals surface area contributed by atoms with Crippen LogP contribution < -0.4 is 114 Å². The van der Waals surface area contributed by atoms with E-state index in [0.29, 0.717) is 179 Å². The first-order valence-corrected chi connectivity index (χ1v) is 40.5. The first-order chi connectivity index (χ1) is 36.2. The Bertz CT molecular complexity index is 1220. The summed E-state index contributed by atoms with van der Waals surface area (Å²) in [6.45, 7) is 44.1. The summed E-state index contributed by atoms with van der Waals surface area (Å²) < 4.78 is 90.9.